The maximum atomic E-state index is 3.41. The molecule has 0 saturated carbocycles. The number of benzene rings is 1. The molecule has 0 bridgehead atoms. The van der Waals surface area contributed by atoms with Crippen LogP contribution >= 0.6 is 0 Å². The number of nitrogens with zero attached hydrogens (tertiary/aromatic N) is 1. The van der Waals surface area contributed by atoms with E-state index in [2.05, 4.69) is 67.5 Å². The van der Waals surface area contributed by atoms with Gasteiger partial charge in [0.25, 0.3) is 0 Å². The summed E-state index contributed by atoms with van der Waals surface area (Å²) in [7, 11) is 2.16. The summed E-state index contributed by atoms with van der Waals surface area (Å²) < 4.78 is 0. The number of hydrogen-bond donors (Lipinski definition) is 1. The third-order valence-electron chi connectivity index (χ3n) is 2.89. The van der Waals surface area contributed by atoms with Gasteiger partial charge in [-0.05, 0) is 26.5 Å². The van der Waals surface area contributed by atoms with Crippen LogP contribution in [0.2, 0.25) is 0 Å². The van der Waals surface area contributed by atoms with Crippen molar-refractivity contribution in [3.05, 3.63) is 42.0 Å². The van der Waals surface area contributed by atoms with Crippen molar-refractivity contribution in [2.75, 3.05) is 26.7 Å². The highest BCUT2D eigenvalue weighted by Crippen LogP contribution is 1.99. The van der Waals surface area contributed by atoms with Crippen molar-refractivity contribution in [3.8, 4) is 0 Å². The molecular formula is C15H24N2. The predicted octanol–water partition coefficient (Wildman–Crippen LogP) is 2.63. The van der Waals surface area contributed by atoms with E-state index in [9.17, 15) is 0 Å². The largest absolute Gasteiger partial charge is 0.312 e. The number of nitrogens with one attached hydrogen (secondary N) is 1. The van der Waals surface area contributed by atoms with Crippen LogP contribution in [0.4, 0.5) is 0 Å². The molecule has 0 saturated heterocycles. The van der Waals surface area contributed by atoms with Gasteiger partial charge in [-0.1, -0.05) is 42.5 Å². The van der Waals surface area contributed by atoms with Crippen LogP contribution in [0.1, 0.15) is 19.4 Å². The Bertz CT molecular complexity index is 317. The van der Waals surface area contributed by atoms with E-state index in [0.29, 0.717) is 6.04 Å². The quantitative estimate of drug-likeness (QED) is 0.727. The van der Waals surface area contributed by atoms with E-state index in [1.54, 1.807) is 0 Å². The first kappa shape index (κ1) is 13.9. The lowest BCUT2D eigenvalue weighted by Gasteiger charge is -2.20. The van der Waals surface area contributed by atoms with Gasteiger partial charge in [0.15, 0.2) is 0 Å². The topological polar surface area (TPSA) is 15.3 Å². The van der Waals surface area contributed by atoms with Gasteiger partial charge in [0.05, 0.1) is 0 Å². The predicted molar refractivity (Wildman–Crippen MR) is 76.1 cm³/mol. The Morgan fingerprint density at radius 3 is 2.59 bits per heavy atom. The zero-order valence-electron chi connectivity index (χ0n) is 11.2. The van der Waals surface area contributed by atoms with Crippen LogP contribution in [0.15, 0.2) is 36.4 Å². The molecule has 0 unspecified atom stereocenters. The Morgan fingerprint density at radius 1 is 1.24 bits per heavy atom. The monoisotopic (exact) mass is 232 g/mol. The zero-order chi connectivity index (χ0) is 12.5. The molecule has 0 atom stereocenters. The van der Waals surface area contributed by atoms with Gasteiger partial charge in [-0.25, -0.2) is 0 Å². The summed E-state index contributed by atoms with van der Waals surface area (Å²) >= 11 is 0. The summed E-state index contributed by atoms with van der Waals surface area (Å²) in [6.45, 7) is 7.50. The first-order chi connectivity index (χ1) is 8.20. The minimum atomic E-state index is 0.622. The summed E-state index contributed by atoms with van der Waals surface area (Å²) in [6, 6.07) is 11.0. The average Bonchev–Trinajstić information content (AvgIpc) is 2.34. The van der Waals surface area contributed by atoms with Gasteiger partial charge in [0, 0.05) is 25.7 Å². The van der Waals surface area contributed by atoms with Gasteiger partial charge in [-0.2, -0.15) is 0 Å². The van der Waals surface area contributed by atoms with Crippen LogP contribution in [0.5, 0.6) is 0 Å². The number of hydrogen-bond acceptors (Lipinski definition) is 2. The maximum Gasteiger partial charge on any atom is 0.0138 e. The SMILES string of the molecule is CC(C)N(C)CCNCC=Cc1ccccc1. The number of likely N-dealkylation sites (N-methyl/N-ethyl adjacent to an activating group) is 1. The summed E-state index contributed by atoms with van der Waals surface area (Å²) in [5.74, 6) is 0. The van der Waals surface area contributed by atoms with Crippen molar-refractivity contribution in [1.82, 2.24) is 10.2 Å². The smallest absolute Gasteiger partial charge is 0.0138 e. The first-order valence-corrected chi connectivity index (χ1v) is 6.32. The van der Waals surface area contributed by atoms with Gasteiger partial charge in [0.1, 0.15) is 0 Å². The van der Waals surface area contributed by atoms with Crippen molar-refractivity contribution in [2.24, 2.45) is 0 Å². The van der Waals surface area contributed by atoms with E-state index in [-0.39, 0.29) is 0 Å². The minimum absolute atomic E-state index is 0.622. The van der Waals surface area contributed by atoms with Crippen LogP contribution < -0.4 is 5.32 Å². The highest BCUT2D eigenvalue weighted by molar-refractivity contribution is 5.48. The Morgan fingerprint density at radius 2 is 1.94 bits per heavy atom. The van der Waals surface area contributed by atoms with E-state index < -0.39 is 0 Å². The van der Waals surface area contributed by atoms with E-state index >= 15 is 0 Å². The molecule has 0 amide bonds. The van der Waals surface area contributed by atoms with Gasteiger partial charge >= 0.3 is 0 Å². The molecule has 0 aromatic heterocycles. The summed E-state index contributed by atoms with van der Waals surface area (Å²) in [4.78, 5) is 2.34. The molecule has 0 aliphatic carbocycles. The molecule has 0 heterocycles. The molecule has 0 spiro atoms. The lowest BCUT2D eigenvalue weighted by atomic mass is 10.2. The molecule has 1 aromatic carbocycles. The second-order valence-electron chi connectivity index (χ2n) is 4.59. The summed E-state index contributed by atoms with van der Waals surface area (Å²) in [5.41, 5.74) is 1.26. The van der Waals surface area contributed by atoms with Crippen molar-refractivity contribution < 1.29 is 0 Å². The van der Waals surface area contributed by atoms with E-state index in [1.807, 2.05) is 6.07 Å². The first-order valence-electron chi connectivity index (χ1n) is 6.32. The normalized spacial score (nSPS) is 11.8. The molecule has 2 nitrogen and oxygen atoms in total. The van der Waals surface area contributed by atoms with E-state index in [4.69, 9.17) is 0 Å². The van der Waals surface area contributed by atoms with Crippen LogP contribution in [0, 0.1) is 0 Å². The van der Waals surface area contributed by atoms with Crippen LogP contribution in [0.25, 0.3) is 6.08 Å². The molecular weight excluding hydrogens is 208 g/mol. The standard InChI is InChI=1S/C15H24N2/c1-14(2)17(3)13-12-16-11-7-10-15-8-5-4-6-9-15/h4-10,14,16H,11-13H2,1-3H3. The fourth-order valence-electron chi connectivity index (χ4n) is 1.46. The second-order valence-corrected chi connectivity index (χ2v) is 4.59. The van der Waals surface area contributed by atoms with E-state index in [1.165, 1.54) is 5.56 Å². The fraction of sp³-hybridized carbons (Fsp3) is 0.467. The Hall–Kier alpha value is -1.12. The van der Waals surface area contributed by atoms with E-state index in [0.717, 1.165) is 19.6 Å². The van der Waals surface area contributed by atoms with Crippen molar-refractivity contribution in [2.45, 2.75) is 19.9 Å². The fourth-order valence-corrected chi connectivity index (χ4v) is 1.46. The Labute approximate surface area is 105 Å². The Balaban J connectivity index is 2.10. The average molecular weight is 232 g/mol. The second kappa shape index (κ2) is 8.04. The van der Waals surface area contributed by atoms with Crippen molar-refractivity contribution in [3.63, 3.8) is 0 Å². The molecule has 0 aliphatic rings. The Kier molecular flexibility index (Phi) is 6.60. The molecule has 2 heteroatoms. The van der Waals surface area contributed by atoms with Crippen LogP contribution in [-0.2, 0) is 0 Å². The molecule has 0 aliphatic heterocycles. The molecule has 1 aromatic rings. The van der Waals surface area contributed by atoms with Gasteiger partial charge in [0.2, 0.25) is 0 Å². The van der Waals surface area contributed by atoms with Gasteiger partial charge in [-0.3, -0.25) is 0 Å². The summed E-state index contributed by atoms with van der Waals surface area (Å²) in [5, 5.41) is 3.41. The third-order valence-corrected chi connectivity index (χ3v) is 2.89. The molecule has 0 radical (unpaired) electrons. The zero-order valence-corrected chi connectivity index (χ0v) is 11.2. The minimum Gasteiger partial charge on any atom is -0.312 e. The molecule has 0 fully saturated rings. The number of rotatable bonds is 7. The summed E-state index contributed by atoms with van der Waals surface area (Å²) in [6.07, 6.45) is 4.32. The molecule has 1 N–H and O–H groups in total. The maximum absolute atomic E-state index is 3.41. The highest BCUT2D eigenvalue weighted by atomic mass is 15.1. The van der Waals surface area contributed by atoms with Crippen molar-refractivity contribution >= 4 is 6.08 Å². The van der Waals surface area contributed by atoms with Crippen LogP contribution in [-0.4, -0.2) is 37.6 Å². The van der Waals surface area contributed by atoms with Gasteiger partial charge in [-0.15, -0.1) is 0 Å². The lowest BCUT2D eigenvalue weighted by molar-refractivity contribution is 0.275. The molecule has 1 rings (SSSR count). The molecule has 94 valence electrons. The van der Waals surface area contributed by atoms with Crippen molar-refractivity contribution in [1.29, 1.82) is 0 Å². The third kappa shape index (κ3) is 6.25. The highest BCUT2D eigenvalue weighted by Gasteiger charge is 2.00. The van der Waals surface area contributed by atoms with Gasteiger partial charge < -0.3 is 10.2 Å². The molecule has 17 heavy (non-hydrogen) atoms. The van der Waals surface area contributed by atoms with Crippen LogP contribution in [0.3, 0.4) is 0 Å². The lowest BCUT2D eigenvalue weighted by Crippen LogP contribution is -2.33.